The third-order valence-electron chi connectivity index (χ3n) is 3.48. The first-order chi connectivity index (χ1) is 10.6. The summed E-state index contributed by atoms with van der Waals surface area (Å²) in [4.78, 5) is 17.2. The van der Waals surface area contributed by atoms with Crippen LogP contribution in [0.5, 0.6) is 0 Å². The van der Waals surface area contributed by atoms with Gasteiger partial charge in [0, 0.05) is 24.1 Å². The summed E-state index contributed by atoms with van der Waals surface area (Å²) in [5.41, 5.74) is 1.45. The average molecular weight is 359 g/mol. The lowest BCUT2D eigenvalue weighted by Gasteiger charge is -2.07. The van der Waals surface area contributed by atoms with Crippen LogP contribution in [0.1, 0.15) is 18.4 Å². The van der Waals surface area contributed by atoms with E-state index in [0.29, 0.717) is 23.1 Å². The largest absolute Gasteiger partial charge is 0.350 e. The highest BCUT2D eigenvalue weighted by atomic mass is 79.9. The highest BCUT2D eigenvalue weighted by Crippen LogP contribution is 2.16. The Kier molecular flexibility index (Phi) is 3.94. The molecule has 0 aliphatic heterocycles. The predicted molar refractivity (Wildman–Crippen MR) is 91.5 cm³/mol. The summed E-state index contributed by atoms with van der Waals surface area (Å²) in [5.74, 6) is 0.644. The molecule has 2 heterocycles. The fraction of sp³-hybridized carbons (Fsp3) is 0.188. The molecule has 0 saturated heterocycles. The van der Waals surface area contributed by atoms with E-state index in [9.17, 15) is 4.79 Å². The van der Waals surface area contributed by atoms with E-state index in [1.54, 1.807) is 12.3 Å². The number of aromatic nitrogens is 3. The van der Waals surface area contributed by atoms with Crippen LogP contribution in [0.4, 0.5) is 0 Å². The van der Waals surface area contributed by atoms with E-state index in [4.69, 9.17) is 0 Å². The second-order valence-electron chi connectivity index (χ2n) is 4.95. The molecule has 2 aromatic heterocycles. The Balaban J connectivity index is 2.19. The number of hydrogen-bond acceptors (Lipinski definition) is 3. The van der Waals surface area contributed by atoms with Gasteiger partial charge in [0.25, 0.3) is 5.56 Å². The van der Waals surface area contributed by atoms with Crippen LogP contribution in [-0.2, 0) is 13.5 Å². The van der Waals surface area contributed by atoms with Gasteiger partial charge in [0.15, 0.2) is 0 Å². The lowest BCUT2D eigenvalue weighted by molar-refractivity contribution is 0.733. The zero-order valence-electron chi connectivity index (χ0n) is 12.3. The average Bonchev–Trinajstić information content (AvgIpc) is 2.92. The minimum atomic E-state index is -0.159. The summed E-state index contributed by atoms with van der Waals surface area (Å²) >= 11 is 3.39. The molecule has 0 amide bonds. The number of aryl methyl sites for hydroxylation is 2. The molecule has 5 nitrogen and oxygen atoms in total. The summed E-state index contributed by atoms with van der Waals surface area (Å²) < 4.78 is 4.16. The van der Waals surface area contributed by atoms with Crippen molar-refractivity contribution in [3.8, 4) is 0 Å². The molecular weight excluding hydrogens is 344 g/mol. The predicted octanol–water partition coefficient (Wildman–Crippen LogP) is 2.94. The van der Waals surface area contributed by atoms with Gasteiger partial charge in [-0.3, -0.25) is 4.79 Å². The highest BCUT2D eigenvalue weighted by Gasteiger charge is 2.09. The summed E-state index contributed by atoms with van der Waals surface area (Å²) in [5, 5.41) is 4.89. The molecule has 0 aliphatic carbocycles. The van der Waals surface area contributed by atoms with Gasteiger partial charge >= 0.3 is 0 Å². The summed E-state index contributed by atoms with van der Waals surface area (Å²) in [7, 11) is 1.93. The molecule has 0 radical (unpaired) electrons. The number of halogens is 1. The molecule has 22 heavy (non-hydrogen) atoms. The normalized spacial score (nSPS) is 11.6. The molecular formula is C16H15BrN4O. The topological polar surface area (TPSA) is 52.2 Å². The second-order valence-corrected chi connectivity index (χ2v) is 5.86. The lowest BCUT2D eigenvalue weighted by atomic mass is 10.2. The lowest BCUT2D eigenvalue weighted by Crippen LogP contribution is -2.22. The van der Waals surface area contributed by atoms with Gasteiger partial charge < -0.3 is 4.57 Å². The summed E-state index contributed by atoms with van der Waals surface area (Å²) in [6.07, 6.45) is 4.23. The zero-order chi connectivity index (χ0) is 15.7. The third-order valence-corrected chi connectivity index (χ3v) is 3.97. The second kappa shape index (κ2) is 5.88. The van der Waals surface area contributed by atoms with Crippen LogP contribution in [0.15, 0.2) is 50.9 Å². The van der Waals surface area contributed by atoms with Crippen molar-refractivity contribution in [2.45, 2.75) is 13.3 Å². The SMILES string of the molecule is CCc1nc2ccc(Br)cc2c(=O)n1N=Cc1cccn1C. The van der Waals surface area contributed by atoms with Gasteiger partial charge in [-0.15, -0.1) is 0 Å². The monoisotopic (exact) mass is 358 g/mol. The fourth-order valence-corrected chi connectivity index (χ4v) is 2.63. The molecule has 0 unspecified atom stereocenters. The van der Waals surface area contributed by atoms with E-state index in [1.807, 2.05) is 49.0 Å². The molecule has 1 aromatic carbocycles. The number of benzene rings is 1. The first-order valence-corrected chi connectivity index (χ1v) is 7.76. The van der Waals surface area contributed by atoms with Crippen molar-refractivity contribution in [2.24, 2.45) is 12.1 Å². The van der Waals surface area contributed by atoms with Gasteiger partial charge in [0.1, 0.15) is 5.82 Å². The van der Waals surface area contributed by atoms with Crippen molar-refractivity contribution in [1.82, 2.24) is 14.2 Å². The van der Waals surface area contributed by atoms with Crippen LogP contribution in [-0.4, -0.2) is 20.4 Å². The number of rotatable bonds is 3. The van der Waals surface area contributed by atoms with Crippen molar-refractivity contribution in [3.05, 3.63) is 62.9 Å². The van der Waals surface area contributed by atoms with E-state index in [-0.39, 0.29) is 5.56 Å². The molecule has 3 aromatic rings. The minimum Gasteiger partial charge on any atom is -0.350 e. The van der Waals surface area contributed by atoms with Gasteiger partial charge in [0.05, 0.1) is 22.8 Å². The van der Waals surface area contributed by atoms with E-state index in [0.717, 1.165) is 10.2 Å². The first-order valence-electron chi connectivity index (χ1n) is 6.97. The Morgan fingerprint density at radius 2 is 2.18 bits per heavy atom. The van der Waals surface area contributed by atoms with Crippen molar-refractivity contribution >= 4 is 33.0 Å². The summed E-state index contributed by atoms with van der Waals surface area (Å²) in [6, 6.07) is 9.36. The van der Waals surface area contributed by atoms with Crippen LogP contribution in [0, 0.1) is 0 Å². The maximum absolute atomic E-state index is 12.7. The van der Waals surface area contributed by atoms with Crippen LogP contribution in [0.2, 0.25) is 0 Å². The van der Waals surface area contributed by atoms with Crippen LogP contribution < -0.4 is 5.56 Å². The fourth-order valence-electron chi connectivity index (χ4n) is 2.27. The van der Waals surface area contributed by atoms with Crippen molar-refractivity contribution in [1.29, 1.82) is 0 Å². The van der Waals surface area contributed by atoms with Crippen LogP contribution in [0.3, 0.4) is 0 Å². The van der Waals surface area contributed by atoms with E-state index in [1.165, 1.54) is 4.68 Å². The molecule has 6 heteroatoms. The number of hydrogen-bond donors (Lipinski definition) is 0. The quantitative estimate of drug-likeness (QED) is 0.676. The van der Waals surface area contributed by atoms with Crippen molar-refractivity contribution < 1.29 is 0 Å². The maximum atomic E-state index is 12.7. The first kappa shape index (κ1) is 14.7. The summed E-state index contributed by atoms with van der Waals surface area (Å²) in [6.45, 7) is 1.96. The molecule has 0 saturated carbocycles. The molecule has 112 valence electrons. The van der Waals surface area contributed by atoms with E-state index in [2.05, 4.69) is 26.0 Å². The molecule has 0 N–H and O–H groups in total. The van der Waals surface area contributed by atoms with Crippen LogP contribution in [0.25, 0.3) is 10.9 Å². The number of fused-ring (bicyclic) bond motifs is 1. The zero-order valence-corrected chi connectivity index (χ0v) is 13.9. The molecule has 0 bridgehead atoms. The Morgan fingerprint density at radius 1 is 1.36 bits per heavy atom. The van der Waals surface area contributed by atoms with Gasteiger partial charge in [-0.1, -0.05) is 22.9 Å². The van der Waals surface area contributed by atoms with Crippen molar-refractivity contribution in [3.63, 3.8) is 0 Å². The van der Waals surface area contributed by atoms with Gasteiger partial charge in [-0.05, 0) is 30.3 Å². The standard InChI is InChI=1S/C16H15BrN4O/c1-3-15-19-14-7-6-11(17)9-13(14)16(22)21(15)18-10-12-5-4-8-20(12)2/h4-10H,3H2,1-2H3. The van der Waals surface area contributed by atoms with Gasteiger partial charge in [-0.2, -0.15) is 9.78 Å². The Labute approximate surface area is 136 Å². The Morgan fingerprint density at radius 3 is 2.86 bits per heavy atom. The Hall–Kier alpha value is -2.21. The van der Waals surface area contributed by atoms with E-state index < -0.39 is 0 Å². The molecule has 0 fully saturated rings. The number of nitrogens with zero attached hydrogens (tertiary/aromatic N) is 4. The van der Waals surface area contributed by atoms with Crippen LogP contribution >= 0.6 is 15.9 Å². The molecule has 3 rings (SSSR count). The van der Waals surface area contributed by atoms with Gasteiger partial charge in [-0.25, -0.2) is 4.98 Å². The van der Waals surface area contributed by atoms with Crippen molar-refractivity contribution in [2.75, 3.05) is 0 Å². The molecule has 0 spiro atoms. The third kappa shape index (κ3) is 2.62. The van der Waals surface area contributed by atoms with Gasteiger partial charge in [0.2, 0.25) is 0 Å². The highest BCUT2D eigenvalue weighted by molar-refractivity contribution is 9.10. The molecule has 0 atom stereocenters. The maximum Gasteiger partial charge on any atom is 0.282 e. The van der Waals surface area contributed by atoms with E-state index >= 15 is 0 Å². The smallest absolute Gasteiger partial charge is 0.282 e. The minimum absolute atomic E-state index is 0.159. The molecule has 0 aliphatic rings. The Bertz CT molecular complexity index is 924.